The van der Waals surface area contributed by atoms with Crippen LogP contribution in [0.2, 0.25) is 0 Å². The Labute approximate surface area is 211 Å². The number of carbonyl (C=O) groups excluding carboxylic acids is 1. The molecule has 0 spiro atoms. The van der Waals surface area contributed by atoms with Crippen LogP contribution in [0.1, 0.15) is 67.8 Å². The van der Waals surface area contributed by atoms with E-state index in [0.29, 0.717) is 11.5 Å². The third-order valence-corrected chi connectivity index (χ3v) is 7.17. The third-order valence-electron chi connectivity index (χ3n) is 7.17. The van der Waals surface area contributed by atoms with E-state index in [4.69, 9.17) is 0 Å². The highest BCUT2D eigenvalue weighted by Crippen LogP contribution is 2.44. The Bertz CT molecular complexity index is 1210. The summed E-state index contributed by atoms with van der Waals surface area (Å²) in [5.41, 5.74) is 6.35. The minimum atomic E-state index is -0.973. The van der Waals surface area contributed by atoms with Crippen LogP contribution in [0.15, 0.2) is 60.7 Å². The Balaban J connectivity index is 1.57. The Morgan fingerprint density at radius 3 is 2.28 bits per heavy atom. The van der Waals surface area contributed by atoms with Gasteiger partial charge in [-0.1, -0.05) is 56.3 Å². The molecule has 4 nitrogen and oxygen atoms in total. The lowest BCUT2D eigenvalue weighted by Gasteiger charge is -2.26. The van der Waals surface area contributed by atoms with Gasteiger partial charge in [0, 0.05) is 19.5 Å². The minimum absolute atomic E-state index is 0.105. The number of fused-ring (bicyclic) bond motifs is 3. The van der Waals surface area contributed by atoms with Crippen LogP contribution in [0.5, 0.6) is 0 Å². The highest BCUT2D eigenvalue weighted by molar-refractivity contribution is 5.79. The molecule has 0 saturated carbocycles. The zero-order chi connectivity index (χ0) is 25.8. The topological polar surface area (TPSA) is 61.4 Å². The maximum absolute atomic E-state index is 13.7. The SMILES string of the molecule is CCC(CC)c1ccc2c(c1)C(NC[C@@H](O)[C@H](Cc1cc(F)cc(F)c1)NC(C)=O)c1ccccc1-2. The summed E-state index contributed by atoms with van der Waals surface area (Å²) < 4.78 is 27.4. The summed E-state index contributed by atoms with van der Waals surface area (Å²) in [6, 6.07) is 17.4. The van der Waals surface area contributed by atoms with Gasteiger partial charge in [0.25, 0.3) is 0 Å². The van der Waals surface area contributed by atoms with E-state index in [1.54, 1.807) is 0 Å². The quantitative estimate of drug-likeness (QED) is 0.343. The largest absolute Gasteiger partial charge is 0.390 e. The standard InChI is InChI=1S/C30H34F2N2O2/c1-4-20(5-2)21-10-11-25-24-8-6-7-9-26(24)30(27(25)15-21)33-17-29(36)28(34-18(3)35)14-19-12-22(31)16-23(32)13-19/h6-13,15-16,20,28-30,33,36H,4-5,14,17H2,1-3H3,(H,34,35)/t28-,29+,30?/m0/s1. The van der Waals surface area contributed by atoms with E-state index in [9.17, 15) is 18.7 Å². The number of aliphatic hydroxyl groups is 1. The molecule has 0 aliphatic heterocycles. The Hall–Kier alpha value is -3.09. The fraction of sp³-hybridized carbons (Fsp3) is 0.367. The van der Waals surface area contributed by atoms with Crippen LogP contribution in [-0.2, 0) is 11.2 Å². The van der Waals surface area contributed by atoms with Crippen molar-refractivity contribution in [3.05, 3.63) is 94.6 Å². The molecule has 4 rings (SSSR count). The first-order chi connectivity index (χ1) is 17.3. The number of aliphatic hydroxyl groups excluding tert-OH is 1. The molecule has 0 aromatic heterocycles. The van der Waals surface area contributed by atoms with E-state index >= 15 is 0 Å². The maximum Gasteiger partial charge on any atom is 0.217 e. The molecule has 190 valence electrons. The van der Waals surface area contributed by atoms with Gasteiger partial charge in [0.1, 0.15) is 11.6 Å². The Morgan fingerprint density at radius 1 is 0.944 bits per heavy atom. The van der Waals surface area contributed by atoms with E-state index in [1.165, 1.54) is 41.3 Å². The predicted octanol–water partition coefficient (Wildman–Crippen LogP) is 5.64. The summed E-state index contributed by atoms with van der Waals surface area (Å²) in [6.07, 6.45) is 1.27. The fourth-order valence-electron chi connectivity index (χ4n) is 5.37. The van der Waals surface area contributed by atoms with Gasteiger partial charge < -0.3 is 15.7 Å². The maximum atomic E-state index is 13.7. The highest BCUT2D eigenvalue weighted by atomic mass is 19.1. The van der Waals surface area contributed by atoms with E-state index in [-0.39, 0.29) is 24.9 Å². The molecule has 3 atom stereocenters. The molecule has 0 bridgehead atoms. The van der Waals surface area contributed by atoms with Crippen LogP contribution < -0.4 is 10.6 Å². The van der Waals surface area contributed by atoms with Gasteiger partial charge in [-0.2, -0.15) is 0 Å². The number of carbonyl (C=O) groups is 1. The van der Waals surface area contributed by atoms with Crippen molar-refractivity contribution in [2.24, 2.45) is 0 Å². The van der Waals surface area contributed by atoms with Crippen molar-refractivity contribution in [1.29, 1.82) is 0 Å². The smallest absolute Gasteiger partial charge is 0.217 e. The molecular formula is C30H34F2N2O2. The zero-order valence-corrected chi connectivity index (χ0v) is 21.0. The molecule has 3 aromatic rings. The van der Waals surface area contributed by atoms with Gasteiger partial charge in [0.2, 0.25) is 5.91 Å². The average molecular weight is 493 g/mol. The molecule has 1 aliphatic rings. The number of amides is 1. The highest BCUT2D eigenvalue weighted by Gasteiger charge is 2.30. The summed E-state index contributed by atoms with van der Waals surface area (Å²) >= 11 is 0. The third kappa shape index (κ3) is 5.66. The van der Waals surface area contributed by atoms with Gasteiger partial charge in [0.15, 0.2) is 0 Å². The van der Waals surface area contributed by atoms with E-state index < -0.39 is 23.8 Å². The zero-order valence-electron chi connectivity index (χ0n) is 21.0. The molecule has 6 heteroatoms. The van der Waals surface area contributed by atoms with Gasteiger partial charge in [-0.15, -0.1) is 0 Å². The van der Waals surface area contributed by atoms with Crippen LogP contribution in [0.4, 0.5) is 8.78 Å². The molecule has 1 aliphatic carbocycles. The van der Waals surface area contributed by atoms with Crippen molar-refractivity contribution < 1.29 is 18.7 Å². The number of halogens is 2. The summed E-state index contributed by atoms with van der Waals surface area (Å²) in [4.78, 5) is 11.8. The minimum Gasteiger partial charge on any atom is -0.390 e. The molecular weight excluding hydrogens is 458 g/mol. The van der Waals surface area contributed by atoms with Crippen LogP contribution in [0, 0.1) is 11.6 Å². The van der Waals surface area contributed by atoms with Gasteiger partial charge in [-0.3, -0.25) is 4.79 Å². The van der Waals surface area contributed by atoms with Crippen molar-refractivity contribution in [3.63, 3.8) is 0 Å². The molecule has 0 radical (unpaired) electrons. The van der Waals surface area contributed by atoms with Gasteiger partial charge in [0.05, 0.1) is 18.2 Å². The Kier molecular flexibility index (Phi) is 8.17. The molecule has 1 unspecified atom stereocenters. The number of hydrogen-bond acceptors (Lipinski definition) is 3. The second-order valence-electron chi connectivity index (χ2n) is 9.64. The van der Waals surface area contributed by atoms with Crippen LogP contribution in [-0.4, -0.2) is 29.7 Å². The first-order valence-corrected chi connectivity index (χ1v) is 12.7. The van der Waals surface area contributed by atoms with Crippen LogP contribution >= 0.6 is 0 Å². The monoisotopic (exact) mass is 492 g/mol. The lowest BCUT2D eigenvalue weighted by molar-refractivity contribution is -0.120. The van der Waals surface area contributed by atoms with Crippen molar-refractivity contribution >= 4 is 5.91 Å². The van der Waals surface area contributed by atoms with Gasteiger partial charge >= 0.3 is 0 Å². The van der Waals surface area contributed by atoms with Gasteiger partial charge in [-0.25, -0.2) is 8.78 Å². The Morgan fingerprint density at radius 2 is 1.61 bits per heavy atom. The van der Waals surface area contributed by atoms with Crippen molar-refractivity contribution in [2.45, 2.75) is 64.1 Å². The van der Waals surface area contributed by atoms with Crippen LogP contribution in [0.25, 0.3) is 11.1 Å². The summed E-state index contributed by atoms with van der Waals surface area (Å²) in [7, 11) is 0. The molecule has 0 heterocycles. The van der Waals surface area contributed by atoms with Crippen molar-refractivity contribution in [2.75, 3.05) is 6.54 Å². The van der Waals surface area contributed by atoms with E-state index in [1.807, 2.05) is 12.1 Å². The molecule has 3 aromatic carbocycles. The molecule has 36 heavy (non-hydrogen) atoms. The van der Waals surface area contributed by atoms with Crippen molar-refractivity contribution in [3.8, 4) is 11.1 Å². The molecule has 1 amide bonds. The second kappa shape index (κ2) is 11.3. The van der Waals surface area contributed by atoms with E-state index in [0.717, 1.165) is 24.5 Å². The summed E-state index contributed by atoms with van der Waals surface area (Å²) in [6.45, 7) is 5.96. The lowest BCUT2D eigenvalue weighted by atomic mass is 9.90. The lowest BCUT2D eigenvalue weighted by Crippen LogP contribution is -2.48. The predicted molar refractivity (Wildman–Crippen MR) is 139 cm³/mol. The second-order valence-corrected chi connectivity index (χ2v) is 9.64. The number of nitrogens with one attached hydrogen (secondary N) is 2. The summed E-state index contributed by atoms with van der Waals surface area (Å²) in [5.74, 6) is -1.21. The average Bonchev–Trinajstić information content (AvgIpc) is 3.15. The van der Waals surface area contributed by atoms with E-state index in [2.05, 4.69) is 54.8 Å². The fourth-order valence-corrected chi connectivity index (χ4v) is 5.37. The molecule has 0 fully saturated rings. The van der Waals surface area contributed by atoms with Crippen LogP contribution in [0.3, 0.4) is 0 Å². The first kappa shape index (κ1) is 26.0. The normalized spacial score (nSPS) is 15.9. The molecule has 0 saturated heterocycles. The number of benzene rings is 3. The summed E-state index contributed by atoms with van der Waals surface area (Å²) in [5, 5.41) is 17.3. The van der Waals surface area contributed by atoms with Gasteiger partial charge in [-0.05, 0) is 70.7 Å². The number of rotatable bonds is 10. The number of hydrogen-bond donors (Lipinski definition) is 3. The first-order valence-electron chi connectivity index (χ1n) is 12.7. The van der Waals surface area contributed by atoms with Crippen molar-refractivity contribution in [1.82, 2.24) is 10.6 Å². The molecule has 3 N–H and O–H groups in total.